The highest BCUT2D eigenvalue weighted by Crippen LogP contribution is 2.21. The number of fused-ring (bicyclic) bond motifs is 1. The van der Waals surface area contributed by atoms with Gasteiger partial charge in [-0.3, -0.25) is 0 Å². The van der Waals surface area contributed by atoms with Crippen LogP contribution in [0.3, 0.4) is 0 Å². The number of hydrogen-bond donors (Lipinski definition) is 0. The van der Waals surface area contributed by atoms with Crippen molar-refractivity contribution in [3.8, 4) is 0 Å². The maximum absolute atomic E-state index is 3.86. The summed E-state index contributed by atoms with van der Waals surface area (Å²) in [5, 5.41) is 10.1. The van der Waals surface area contributed by atoms with Gasteiger partial charge in [0.25, 0.3) is 0 Å². The van der Waals surface area contributed by atoms with Crippen LogP contribution >= 0.6 is 0 Å². The molecule has 0 saturated heterocycles. The monoisotopic (exact) mass is 161 g/mol. The highest BCUT2D eigenvalue weighted by atomic mass is 15.1. The van der Waals surface area contributed by atoms with Gasteiger partial charge in [-0.05, 0) is 13.8 Å². The zero-order valence-corrected chi connectivity index (χ0v) is 7.50. The van der Waals surface area contributed by atoms with Crippen molar-refractivity contribution in [2.45, 2.75) is 13.8 Å². The Morgan fingerprint density at radius 3 is 1.83 bits per heavy atom. The van der Waals surface area contributed by atoms with Gasteiger partial charge in [-0.25, -0.2) is 0 Å². The first-order chi connectivity index (χ1) is 5.72. The van der Waals surface area contributed by atoms with E-state index in [1.165, 1.54) is 22.2 Å². The van der Waals surface area contributed by atoms with Crippen molar-refractivity contribution < 1.29 is 0 Å². The lowest BCUT2D eigenvalue weighted by Gasteiger charge is -1.97. The molecule has 2 aromatic heterocycles. The number of hydrogen-bond acceptors (Lipinski definition) is 2. The van der Waals surface area contributed by atoms with Crippen molar-refractivity contribution in [3.05, 3.63) is 23.8 Å². The lowest BCUT2D eigenvalue weighted by Crippen LogP contribution is -1.91. The summed E-state index contributed by atoms with van der Waals surface area (Å²) in [6, 6.07) is 0. The molecule has 0 atom stereocenters. The van der Waals surface area contributed by atoms with Crippen LogP contribution in [0.5, 0.6) is 0 Å². The molecule has 0 aliphatic heterocycles. The highest BCUT2D eigenvalue weighted by Gasteiger charge is 2.06. The molecule has 2 rings (SSSR count). The van der Waals surface area contributed by atoms with E-state index >= 15 is 0 Å². The average molecular weight is 161 g/mol. The molecular formula is C9H11N3. The van der Waals surface area contributed by atoms with Crippen LogP contribution in [0.1, 0.15) is 11.4 Å². The first kappa shape index (κ1) is 7.28. The predicted molar refractivity (Wildman–Crippen MR) is 48.0 cm³/mol. The van der Waals surface area contributed by atoms with Gasteiger partial charge in [0.1, 0.15) is 0 Å². The normalized spacial score (nSPS) is 10.9. The second-order valence-electron chi connectivity index (χ2n) is 3.05. The van der Waals surface area contributed by atoms with Gasteiger partial charge in [0.2, 0.25) is 0 Å². The third kappa shape index (κ3) is 0.763. The van der Waals surface area contributed by atoms with Crippen LogP contribution in [0.4, 0.5) is 0 Å². The number of rotatable bonds is 0. The van der Waals surface area contributed by atoms with Gasteiger partial charge in [-0.15, -0.1) is 0 Å². The van der Waals surface area contributed by atoms with Gasteiger partial charge in [0, 0.05) is 29.2 Å². The number of nitrogens with zero attached hydrogens (tertiary/aromatic N) is 3. The predicted octanol–water partition coefficient (Wildman–Crippen LogP) is 1.59. The fourth-order valence-corrected chi connectivity index (χ4v) is 1.51. The molecule has 0 amide bonds. The molecule has 0 spiro atoms. The minimum absolute atomic E-state index is 1.20. The fraction of sp³-hybridized carbons (Fsp3) is 0.333. The van der Waals surface area contributed by atoms with E-state index in [2.05, 4.69) is 35.7 Å². The SMILES string of the molecule is Cc1c2cnncc2c(C)n1C. The van der Waals surface area contributed by atoms with Crippen molar-refractivity contribution in [2.75, 3.05) is 0 Å². The zero-order chi connectivity index (χ0) is 8.72. The quantitative estimate of drug-likeness (QED) is 0.587. The molecule has 0 saturated carbocycles. The Morgan fingerprint density at radius 2 is 1.42 bits per heavy atom. The molecule has 0 aromatic carbocycles. The Hall–Kier alpha value is -1.38. The Balaban J connectivity index is 2.99. The van der Waals surface area contributed by atoms with Gasteiger partial charge in [0.05, 0.1) is 12.4 Å². The molecule has 62 valence electrons. The Kier molecular flexibility index (Phi) is 1.40. The maximum atomic E-state index is 3.86. The van der Waals surface area contributed by atoms with E-state index in [1.807, 2.05) is 12.4 Å². The average Bonchev–Trinajstić information content (AvgIpc) is 2.33. The summed E-state index contributed by atoms with van der Waals surface area (Å²) in [6.45, 7) is 4.19. The summed E-state index contributed by atoms with van der Waals surface area (Å²) in [7, 11) is 2.06. The summed E-state index contributed by atoms with van der Waals surface area (Å²) >= 11 is 0. The van der Waals surface area contributed by atoms with Crippen molar-refractivity contribution in [3.63, 3.8) is 0 Å². The van der Waals surface area contributed by atoms with Crippen LogP contribution in [-0.4, -0.2) is 14.8 Å². The molecule has 0 fully saturated rings. The molecule has 3 nitrogen and oxygen atoms in total. The van der Waals surface area contributed by atoms with Crippen LogP contribution in [0.25, 0.3) is 10.8 Å². The summed E-state index contributed by atoms with van der Waals surface area (Å²) < 4.78 is 2.16. The van der Waals surface area contributed by atoms with Gasteiger partial charge in [0.15, 0.2) is 0 Å². The van der Waals surface area contributed by atoms with Gasteiger partial charge in [-0.1, -0.05) is 0 Å². The molecule has 2 aromatic rings. The van der Waals surface area contributed by atoms with Gasteiger partial charge < -0.3 is 4.57 Å². The highest BCUT2D eigenvalue weighted by molar-refractivity contribution is 5.86. The van der Waals surface area contributed by atoms with Crippen molar-refractivity contribution in [1.82, 2.24) is 14.8 Å². The van der Waals surface area contributed by atoms with Gasteiger partial charge >= 0.3 is 0 Å². The third-order valence-corrected chi connectivity index (χ3v) is 2.52. The minimum Gasteiger partial charge on any atom is -0.351 e. The lowest BCUT2D eigenvalue weighted by atomic mass is 10.2. The first-order valence-electron chi connectivity index (χ1n) is 3.94. The molecule has 12 heavy (non-hydrogen) atoms. The van der Waals surface area contributed by atoms with E-state index in [1.54, 1.807) is 0 Å². The van der Waals surface area contributed by atoms with E-state index in [0.717, 1.165) is 0 Å². The molecule has 3 heteroatoms. The second kappa shape index (κ2) is 2.30. The largest absolute Gasteiger partial charge is 0.351 e. The molecule has 0 unspecified atom stereocenters. The second-order valence-corrected chi connectivity index (χ2v) is 3.05. The van der Waals surface area contributed by atoms with Crippen molar-refractivity contribution in [1.29, 1.82) is 0 Å². The molecule has 0 bridgehead atoms. The van der Waals surface area contributed by atoms with Crippen LogP contribution in [0.15, 0.2) is 12.4 Å². The van der Waals surface area contributed by atoms with Gasteiger partial charge in [-0.2, -0.15) is 10.2 Å². The van der Waals surface area contributed by atoms with E-state index < -0.39 is 0 Å². The molecule has 2 heterocycles. The lowest BCUT2D eigenvalue weighted by molar-refractivity contribution is 0.851. The van der Waals surface area contributed by atoms with Crippen molar-refractivity contribution in [2.24, 2.45) is 7.05 Å². The van der Waals surface area contributed by atoms with Crippen molar-refractivity contribution >= 4 is 10.8 Å². The first-order valence-corrected chi connectivity index (χ1v) is 3.94. The van der Waals surface area contributed by atoms with Crippen LogP contribution in [-0.2, 0) is 7.05 Å². The number of aromatic nitrogens is 3. The summed E-state index contributed by atoms with van der Waals surface area (Å²) in [5.41, 5.74) is 2.50. The standard InChI is InChI=1S/C9H11N3/c1-6-8-4-10-11-5-9(8)7(2)12(6)3/h4-5H,1-3H3. The summed E-state index contributed by atoms with van der Waals surface area (Å²) in [6.07, 6.45) is 3.63. The Bertz CT molecular complexity index is 390. The Labute approximate surface area is 71.0 Å². The van der Waals surface area contributed by atoms with Crippen LogP contribution < -0.4 is 0 Å². The molecular weight excluding hydrogens is 150 g/mol. The Morgan fingerprint density at radius 1 is 1.00 bits per heavy atom. The topological polar surface area (TPSA) is 30.7 Å². The molecule has 0 radical (unpaired) electrons. The van der Waals surface area contributed by atoms with Crippen LogP contribution in [0, 0.1) is 13.8 Å². The van der Waals surface area contributed by atoms with Crippen LogP contribution in [0.2, 0.25) is 0 Å². The smallest absolute Gasteiger partial charge is 0.0592 e. The maximum Gasteiger partial charge on any atom is 0.0592 e. The third-order valence-electron chi connectivity index (χ3n) is 2.52. The molecule has 0 aliphatic carbocycles. The summed E-state index contributed by atoms with van der Waals surface area (Å²) in [4.78, 5) is 0. The van der Waals surface area contributed by atoms with E-state index in [-0.39, 0.29) is 0 Å². The van der Waals surface area contributed by atoms with E-state index in [4.69, 9.17) is 0 Å². The molecule has 0 aliphatic rings. The fourth-order valence-electron chi connectivity index (χ4n) is 1.51. The minimum atomic E-state index is 1.20. The van der Waals surface area contributed by atoms with E-state index in [0.29, 0.717) is 0 Å². The number of aryl methyl sites for hydroxylation is 2. The summed E-state index contributed by atoms with van der Waals surface area (Å²) in [5.74, 6) is 0. The van der Waals surface area contributed by atoms with E-state index in [9.17, 15) is 0 Å². The molecule has 0 N–H and O–H groups in total. The zero-order valence-electron chi connectivity index (χ0n) is 7.50.